The molecule has 1 fully saturated rings. The van der Waals surface area contributed by atoms with Crippen LogP contribution >= 0.6 is 0 Å². The Bertz CT molecular complexity index is 263. The highest BCUT2D eigenvalue weighted by Crippen LogP contribution is 2.29. The molecule has 0 aliphatic heterocycles. The quantitative estimate of drug-likeness (QED) is 0.793. The van der Waals surface area contributed by atoms with Gasteiger partial charge in [0, 0.05) is 17.5 Å². The van der Waals surface area contributed by atoms with Crippen LogP contribution in [0, 0.1) is 11.8 Å². The zero-order valence-electron chi connectivity index (χ0n) is 11.8. The molecule has 0 saturated heterocycles. The van der Waals surface area contributed by atoms with Crippen LogP contribution in [0.1, 0.15) is 59.8 Å². The second kappa shape index (κ2) is 5.85. The van der Waals surface area contributed by atoms with E-state index in [9.17, 15) is 4.79 Å². The highest BCUT2D eigenvalue weighted by Gasteiger charge is 2.34. The van der Waals surface area contributed by atoms with Crippen molar-refractivity contribution in [2.75, 3.05) is 0 Å². The topological polar surface area (TPSA) is 55.1 Å². The van der Waals surface area contributed by atoms with Gasteiger partial charge < -0.3 is 11.1 Å². The van der Waals surface area contributed by atoms with Gasteiger partial charge in [0.15, 0.2) is 0 Å². The summed E-state index contributed by atoms with van der Waals surface area (Å²) < 4.78 is 0. The average molecular weight is 240 g/mol. The van der Waals surface area contributed by atoms with Crippen molar-refractivity contribution in [1.82, 2.24) is 5.32 Å². The van der Waals surface area contributed by atoms with Gasteiger partial charge >= 0.3 is 0 Å². The Balaban J connectivity index is 2.57. The largest absolute Gasteiger partial charge is 0.351 e. The fourth-order valence-electron chi connectivity index (χ4n) is 2.88. The van der Waals surface area contributed by atoms with Crippen LogP contribution in [0.15, 0.2) is 0 Å². The second-order valence-electron chi connectivity index (χ2n) is 6.18. The smallest absolute Gasteiger partial charge is 0.223 e. The van der Waals surface area contributed by atoms with Gasteiger partial charge in [-0.3, -0.25) is 4.79 Å². The molecule has 1 saturated carbocycles. The Labute approximate surface area is 106 Å². The number of nitrogens with two attached hydrogens (primary N) is 1. The monoisotopic (exact) mass is 240 g/mol. The van der Waals surface area contributed by atoms with E-state index in [-0.39, 0.29) is 23.4 Å². The lowest BCUT2D eigenvalue weighted by Gasteiger charge is -2.35. The number of carbonyl (C=O) groups excluding carboxylic acids is 1. The summed E-state index contributed by atoms with van der Waals surface area (Å²) in [7, 11) is 0. The molecular weight excluding hydrogens is 212 g/mol. The van der Waals surface area contributed by atoms with Crippen LogP contribution in [0.5, 0.6) is 0 Å². The first-order valence-electron chi connectivity index (χ1n) is 6.95. The van der Waals surface area contributed by atoms with Crippen molar-refractivity contribution >= 4 is 5.91 Å². The summed E-state index contributed by atoms with van der Waals surface area (Å²) in [6.45, 7) is 8.46. The first-order valence-corrected chi connectivity index (χ1v) is 6.95. The molecule has 100 valence electrons. The van der Waals surface area contributed by atoms with Crippen LogP contribution in [-0.2, 0) is 4.79 Å². The minimum Gasteiger partial charge on any atom is -0.351 e. The van der Waals surface area contributed by atoms with Crippen molar-refractivity contribution in [3.63, 3.8) is 0 Å². The van der Waals surface area contributed by atoms with Crippen LogP contribution in [0.2, 0.25) is 0 Å². The zero-order chi connectivity index (χ0) is 13.1. The molecule has 1 rings (SSSR count). The van der Waals surface area contributed by atoms with E-state index < -0.39 is 0 Å². The van der Waals surface area contributed by atoms with E-state index in [0.29, 0.717) is 5.92 Å². The van der Waals surface area contributed by atoms with E-state index in [1.165, 1.54) is 0 Å². The molecule has 17 heavy (non-hydrogen) atoms. The highest BCUT2D eigenvalue weighted by atomic mass is 16.2. The molecule has 1 amide bonds. The molecule has 0 spiro atoms. The van der Waals surface area contributed by atoms with Crippen molar-refractivity contribution < 1.29 is 4.79 Å². The molecular formula is C14H28N2O. The van der Waals surface area contributed by atoms with Crippen LogP contribution in [0.25, 0.3) is 0 Å². The van der Waals surface area contributed by atoms with Gasteiger partial charge in [0.2, 0.25) is 5.91 Å². The molecule has 3 N–H and O–H groups in total. The predicted molar refractivity (Wildman–Crippen MR) is 71.6 cm³/mol. The summed E-state index contributed by atoms with van der Waals surface area (Å²) in [5.41, 5.74) is 5.96. The maximum atomic E-state index is 12.3. The second-order valence-corrected chi connectivity index (χ2v) is 6.18. The molecule has 0 heterocycles. The van der Waals surface area contributed by atoms with E-state index in [1.54, 1.807) is 0 Å². The number of nitrogens with one attached hydrogen (secondary N) is 1. The zero-order valence-corrected chi connectivity index (χ0v) is 11.8. The maximum Gasteiger partial charge on any atom is 0.223 e. The van der Waals surface area contributed by atoms with Crippen molar-refractivity contribution in [1.29, 1.82) is 0 Å². The summed E-state index contributed by atoms with van der Waals surface area (Å²) in [6.07, 6.45) is 5.24. The highest BCUT2D eigenvalue weighted by molar-refractivity contribution is 5.79. The van der Waals surface area contributed by atoms with Gasteiger partial charge in [0.1, 0.15) is 0 Å². The first-order chi connectivity index (χ1) is 7.87. The molecule has 1 aliphatic rings. The van der Waals surface area contributed by atoms with Crippen molar-refractivity contribution in [2.45, 2.75) is 71.4 Å². The number of amides is 1. The van der Waals surface area contributed by atoms with Crippen LogP contribution in [-0.4, -0.2) is 17.5 Å². The molecule has 0 aromatic carbocycles. The molecule has 0 aromatic rings. The molecule has 0 aromatic heterocycles. The number of hydrogen-bond donors (Lipinski definition) is 2. The van der Waals surface area contributed by atoms with E-state index in [1.807, 2.05) is 0 Å². The van der Waals surface area contributed by atoms with Crippen LogP contribution < -0.4 is 11.1 Å². The normalized spacial score (nSPS) is 30.1. The van der Waals surface area contributed by atoms with E-state index in [4.69, 9.17) is 5.73 Å². The summed E-state index contributed by atoms with van der Waals surface area (Å²) in [4.78, 5) is 12.3. The Morgan fingerprint density at radius 3 is 2.65 bits per heavy atom. The Kier molecular flexibility index (Phi) is 4.99. The van der Waals surface area contributed by atoms with Crippen molar-refractivity contribution in [2.24, 2.45) is 17.6 Å². The first kappa shape index (κ1) is 14.5. The van der Waals surface area contributed by atoms with Gasteiger partial charge in [-0.2, -0.15) is 0 Å². The third kappa shape index (κ3) is 3.98. The molecule has 3 unspecified atom stereocenters. The Morgan fingerprint density at radius 2 is 2.06 bits per heavy atom. The lowest BCUT2D eigenvalue weighted by molar-refractivity contribution is -0.129. The summed E-state index contributed by atoms with van der Waals surface area (Å²) in [5.74, 6) is 0.613. The van der Waals surface area contributed by atoms with Gasteiger partial charge in [-0.25, -0.2) is 0 Å². The van der Waals surface area contributed by atoms with Crippen LogP contribution in [0.3, 0.4) is 0 Å². The van der Waals surface area contributed by atoms with E-state index >= 15 is 0 Å². The van der Waals surface area contributed by atoms with E-state index in [2.05, 4.69) is 33.0 Å². The summed E-state index contributed by atoms with van der Waals surface area (Å²) in [5, 5.41) is 3.18. The lowest BCUT2D eigenvalue weighted by Crippen LogP contribution is -2.50. The third-order valence-electron chi connectivity index (χ3n) is 4.04. The van der Waals surface area contributed by atoms with Crippen molar-refractivity contribution in [3.05, 3.63) is 0 Å². The average Bonchev–Trinajstić information content (AvgIpc) is 2.21. The minimum atomic E-state index is -0.0902. The summed E-state index contributed by atoms with van der Waals surface area (Å²) >= 11 is 0. The lowest BCUT2D eigenvalue weighted by atomic mass is 9.76. The molecule has 0 bridgehead atoms. The molecule has 3 atom stereocenters. The molecule has 3 nitrogen and oxygen atoms in total. The predicted octanol–water partition coefficient (Wildman–Crippen LogP) is 2.44. The summed E-state index contributed by atoms with van der Waals surface area (Å²) in [6, 6.07) is 0.189. The SMILES string of the molecule is CCCC(C)(C)NC(=O)C1CCCC(N)C1C. The fourth-order valence-corrected chi connectivity index (χ4v) is 2.88. The minimum absolute atomic E-state index is 0.0902. The van der Waals surface area contributed by atoms with Gasteiger partial charge in [-0.05, 0) is 39.0 Å². The van der Waals surface area contributed by atoms with Gasteiger partial charge in [-0.15, -0.1) is 0 Å². The Morgan fingerprint density at radius 1 is 1.41 bits per heavy atom. The number of carbonyl (C=O) groups is 1. The third-order valence-corrected chi connectivity index (χ3v) is 4.04. The fraction of sp³-hybridized carbons (Fsp3) is 0.929. The standard InChI is InChI=1S/C14H28N2O/c1-5-9-14(3,4)16-13(17)11-7-6-8-12(15)10(11)2/h10-12H,5-9,15H2,1-4H3,(H,16,17). The van der Waals surface area contributed by atoms with Crippen molar-refractivity contribution in [3.8, 4) is 0 Å². The molecule has 1 aliphatic carbocycles. The van der Waals surface area contributed by atoms with Gasteiger partial charge in [0.25, 0.3) is 0 Å². The van der Waals surface area contributed by atoms with Gasteiger partial charge in [0.05, 0.1) is 0 Å². The van der Waals surface area contributed by atoms with E-state index in [0.717, 1.165) is 32.1 Å². The maximum absolute atomic E-state index is 12.3. The number of hydrogen-bond acceptors (Lipinski definition) is 2. The van der Waals surface area contributed by atoms with Gasteiger partial charge in [-0.1, -0.05) is 26.7 Å². The molecule has 3 heteroatoms. The van der Waals surface area contributed by atoms with Crippen LogP contribution in [0.4, 0.5) is 0 Å². The molecule has 0 radical (unpaired) electrons. The number of rotatable bonds is 4. The Hall–Kier alpha value is -0.570.